The van der Waals surface area contributed by atoms with Gasteiger partial charge >= 0.3 is 0 Å². The van der Waals surface area contributed by atoms with E-state index in [-0.39, 0.29) is 17.9 Å². The fourth-order valence-electron chi connectivity index (χ4n) is 1.26. The highest BCUT2D eigenvalue weighted by molar-refractivity contribution is 7.80. The molecule has 0 fully saturated rings. The molecule has 1 aromatic carbocycles. The highest BCUT2D eigenvalue weighted by Gasteiger charge is 2.14. The Morgan fingerprint density at radius 1 is 1.33 bits per heavy atom. The van der Waals surface area contributed by atoms with Crippen molar-refractivity contribution in [2.45, 2.75) is 19.9 Å². The molecule has 0 aromatic heterocycles. The van der Waals surface area contributed by atoms with Crippen molar-refractivity contribution in [1.82, 2.24) is 5.32 Å². The molecule has 0 saturated carbocycles. The lowest BCUT2D eigenvalue weighted by atomic mass is 10.1. The van der Waals surface area contributed by atoms with Crippen LogP contribution in [0.2, 0.25) is 0 Å². The second-order valence-electron chi connectivity index (χ2n) is 3.72. The van der Waals surface area contributed by atoms with Crippen LogP contribution in [0.1, 0.15) is 25.5 Å². The summed E-state index contributed by atoms with van der Waals surface area (Å²) in [5, 5.41) is 2.96. The first-order chi connectivity index (χ1) is 7.15. The Hall–Kier alpha value is -0.960. The topological polar surface area (TPSA) is 29.1 Å². The highest BCUT2D eigenvalue weighted by atomic mass is 32.1. The van der Waals surface area contributed by atoms with E-state index < -0.39 is 0 Å². The van der Waals surface area contributed by atoms with Gasteiger partial charge in [-0.15, -0.1) is 0 Å². The molecule has 3 heteroatoms. The van der Waals surface area contributed by atoms with Gasteiger partial charge in [-0.3, -0.25) is 4.79 Å². The first kappa shape index (κ1) is 12.1. The van der Waals surface area contributed by atoms with Crippen LogP contribution in [0.5, 0.6) is 0 Å². The van der Waals surface area contributed by atoms with Gasteiger partial charge in [0, 0.05) is 11.7 Å². The van der Waals surface area contributed by atoms with Crippen LogP contribution < -0.4 is 5.32 Å². The molecule has 1 amide bonds. The number of carbonyl (C=O) groups is 1. The summed E-state index contributed by atoms with van der Waals surface area (Å²) in [5.74, 6) is 0.591. The summed E-state index contributed by atoms with van der Waals surface area (Å²) in [7, 11) is 0. The maximum atomic E-state index is 11.6. The van der Waals surface area contributed by atoms with Gasteiger partial charge in [0.1, 0.15) is 0 Å². The van der Waals surface area contributed by atoms with Crippen LogP contribution in [0, 0.1) is 5.92 Å². The molecule has 0 saturated heterocycles. The number of amides is 1. The Morgan fingerprint density at radius 3 is 2.47 bits per heavy atom. The van der Waals surface area contributed by atoms with Gasteiger partial charge in [-0.1, -0.05) is 37.3 Å². The van der Waals surface area contributed by atoms with Gasteiger partial charge in [0.15, 0.2) is 0 Å². The molecule has 2 unspecified atom stereocenters. The Bertz CT molecular complexity index is 313. The standard InChI is InChI=1S/C12H17NOS/c1-9(8-15)12(14)13-10(2)11-6-4-3-5-7-11/h3-7,9-10,15H,8H2,1-2H3,(H,13,14). The monoisotopic (exact) mass is 223 g/mol. The van der Waals surface area contributed by atoms with E-state index in [1.807, 2.05) is 44.2 Å². The van der Waals surface area contributed by atoms with Gasteiger partial charge in [0.25, 0.3) is 0 Å². The molecule has 0 spiro atoms. The number of benzene rings is 1. The van der Waals surface area contributed by atoms with Crippen LogP contribution in [-0.2, 0) is 4.79 Å². The van der Waals surface area contributed by atoms with E-state index in [2.05, 4.69) is 17.9 Å². The molecule has 15 heavy (non-hydrogen) atoms. The zero-order chi connectivity index (χ0) is 11.3. The van der Waals surface area contributed by atoms with Gasteiger partial charge < -0.3 is 5.32 Å². The Labute approximate surface area is 96.5 Å². The van der Waals surface area contributed by atoms with Gasteiger partial charge in [0.2, 0.25) is 5.91 Å². The summed E-state index contributed by atoms with van der Waals surface area (Å²) in [4.78, 5) is 11.6. The van der Waals surface area contributed by atoms with Crippen molar-refractivity contribution in [3.63, 3.8) is 0 Å². The summed E-state index contributed by atoms with van der Waals surface area (Å²) in [5.41, 5.74) is 1.12. The molecule has 2 nitrogen and oxygen atoms in total. The smallest absolute Gasteiger partial charge is 0.224 e. The van der Waals surface area contributed by atoms with Crippen LogP contribution in [0.4, 0.5) is 0 Å². The molecular weight excluding hydrogens is 206 g/mol. The van der Waals surface area contributed by atoms with E-state index in [4.69, 9.17) is 0 Å². The van der Waals surface area contributed by atoms with Crippen molar-refractivity contribution in [2.75, 3.05) is 5.75 Å². The zero-order valence-corrected chi connectivity index (χ0v) is 10.00. The van der Waals surface area contributed by atoms with E-state index >= 15 is 0 Å². The second kappa shape index (κ2) is 5.81. The van der Waals surface area contributed by atoms with E-state index in [1.165, 1.54) is 0 Å². The van der Waals surface area contributed by atoms with Gasteiger partial charge in [0.05, 0.1) is 6.04 Å². The maximum Gasteiger partial charge on any atom is 0.224 e. The molecule has 0 bridgehead atoms. The molecule has 1 rings (SSSR count). The highest BCUT2D eigenvalue weighted by Crippen LogP contribution is 2.12. The lowest BCUT2D eigenvalue weighted by molar-refractivity contribution is -0.124. The first-order valence-electron chi connectivity index (χ1n) is 5.11. The van der Waals surface area contributed by atoms with E-state index in [1.54, 1.807) is 0 Å². The fraction of sp³-hybridized carbons (Fsp3) is 0.417. The molecule has 0 aliphatic carbocycles. The Kier molecular flexibility index (Phi) is 4.69. The Balaban J connectivity index is 2.56. The number of carbonyl (C=O) groups excluding carboxylic acids is 1. The summed E-state index contributed by atoms with van der Waals surface area (Å²) in [6.45, 7) is 3.86. The minimum atomic E-state index is -0.0421. The van der Waals surface area contributed by atoms with E-state index in [0.717, 1.165) is 5.56 Å². The average Bonchev–Trinajstić information content (AvgIpc) is 2.29. The Morgan fingerprint density at radius 2 is 1.93 bits per heavy atom. The number of hydrogen-bond acceptors (Lipinski definition) is 2. The molecule has 0 radical (unpaired) electrons. The lowest BCUT2D eigenvalue weighted by Crippen LogP contribution is -2.32. The normalized spacial score (nSPS) is 14.3. The molecule has 0 aliphatic heterocycles. The quantitative estimate of drug-likeness (QED) is 0.754. The predicted octanol–water partition coefficient (Wildman–Crippen LogP) is 2.43. The largest absolute Gasteiger partial charge is 0.349 e. The number of thiol groups is 1. The number of hydrogen-bond donors (Lipinski definition) is 2. The summed E-state index contributed by atoms with van der Waals surface area (Å²) in [6, 6.07) is 9.99. The van der Waals surface area contributed by atoms with Crippen molar-refractivity contribution >= 4 is 18.5 Å². The third kappa shape index (κ3) is 3.59. The molecular formula is C12H17NOS. The zero-order valence-electron chi connectivity index (χ0n) is 9.10. The van der Waals surface area contributed by atoms with Gasteiger partial charge in [-0.2, -0.15) is 12.6 Å². The van der Waals surface area contributed by atoms with Crippen molar-refractivity contribution in [1.29, 1.82) is 0 Å². The summed E-state index contributed by atoms with van der Waals surface area (Å²) >= 11 is 4.10. The van der Waals surface area contributed by atoms with E-state index in [9.17, 15) is 4.79 Å². The van der Waals surface area contributed by atoms with E-state index in [0.29, 0.717) is 5.75 Å². The van der Waals surface area contributed by atoms with Gasteiger partial charge in [-0.05, 0) is 12.5 Å². The first-order valence-corrected chi connectivity index (χ1v) is 5.74. The van der Waals surface area contributed by atoms with Crippen LogP contribution >= 0.6 is 12.6 Å². The van der Waals surface area contributed by atoms with Crippen LogP contribution in [-0.4, -0.2) is 11.7 Å². The fourth-order valence-corrected chi connectivity index (χ4v) is 1.43. The van der Waals surface area contributed by atoms with Crippen molar-refractivity contribution in [3.8, 4) is 0 Å². The molecule has 2 atom stereocenters. The lowest BCUT2D eigenvalue weighted by Gasteiger charge is -2.16. The van der Waals surface area contributed by atoms with Crippen molar-refractivity contribution in [2.24, 2.45) is 5.92 Å². The van der Waals surface area contributed by atoms with Crippen LogP contribution in [0.3, 0.4) is 0 Å². The number of nitrogens with one attached hydrogen (secondary N) is 1. The number of rotatable bonds is 4. The van der Waals surface area contributed by atoms with Crippen molar-refractivity contribution < 1.29 is 4.79 Å². The minimum absolute atomic E-state index is 0.0421. The third-order valence-electron chi connectivity index (χ3n) is 2.38. The molecule has 0 heterocycles. The molecule has 82 valence electrons. The minimum Gasteiger partial charge on any atom is -0.349 e. The van der Waals surface area contributed by atoms with Gasteiger partial charge in [-0.25, -0.2) is 0 Å². The maximum absolute atomic E-state index is 11.6. The third-order valence-corrected chi connectivity index (χ3v) is 2.93. The molecule has 1 aromatic rings. The summed E-state index contributed by atoms with van der Waals surface area (Å²) < 4.78 is 0. The molecule has 1 N–H and O–H groups in total. The second-order valence-corrected chi connectivity index (χ2v) is 4.09. The van der Waals surface area contributed by atoms with Crippen LogP contribution in [0.25, 0.3) is 0 Å². The predicted molar refractivity (Wildman–Crippen MR) is 66.0 cm³/mol. The van der Waals surface area contributed by atoms with Crippen LogP contribution in [0.15, 0.2) is 30.3 Å². The SMILES string of the molecule is CC(CS)C(=O)NC(C)c1ccccc1. The summed E-state index contributed by atoms with van der Waals surface area (Å²) in [6.07, 6.45) is 0. The average molecular weight is 223 g/mol. The van der Waals surface area contributed by atoms with Crippen molar-refractivity contribution in [3.05, 3.63) is 35.9 Å². The molecule has 0 aliphatic rings.